The van der Waals surface area contributed by atoms with Gasteiger partial charge < -0.3 is 15.2 Å². The molecule has 2 aromatic rings. The number of carbonyl (C=O) groups excluding carboxylic acids is 2. The Hall–Kier alpha value is -3.15. The highest BCUT2D eigenvalue weighted by molar-refractivity contribution is 5.96. The van der Waals surface area contributed by atoms with Gasteiger partial charge in [-0.15, -0.1) is 0 Å². The van der Waals surface area contributed by atoms with E-state index in [-0.39, 0.29) is 23.7 Å². The summed E-state index contributed by atoms with van der Waals surface area (Å²) in [6.07, 6.45) is 6.18. The number of carboxylic acids is 1. The highest BCUT2D eigenvalue weighted by atomic mass is 16.5. The molecule has 6 nitrogen and oxygen atoms in total. The molecule has 2 aliphatic carbocycles. The van der Waals surface area contributed by atoms with Crippen molar-refractivity contribution in [1.82, 2.24) is 5.32 Å². The number of amides is 1. The fraction of sp³-hybridized carbons (Fsp3) is 0.444. The molecular weight excluding hydrogens is 418 g/mol. The smallest absolute Gasteiger partial charge is 0.306 e. The minimum atomic E-state index is -0.724. The summed E-state index contributed by atoms with van der Waals surface area (Å²) in [4.78, 5) is 35.8. The third-order valence-electron chi connectivity index (χ3n) is 6.59. The first-order valence-corrected chi connectivity index (χ1v) is 11.9. The van der Waals surface area contributed by atoms with Crippen molar-refractivity contribution in [2.45, 2.75) is 63.4 Å². The predicted molar refractivity (Wildman–Crippen MR) is 125 cm³/mol. The topological polar surface area (TPSA) is 92.7 Å². The van der Waals surface area contributed by atoms with Crippen molar-refractivity contribution in [3.8, 4) is 5.75 Å². The molecule has 33 heavy (non-hydrogen) atoms. The molecule has 0 aromatic heterocycles. The normalized spacial score (nSPS) is 20.1. The zero-order valence-corrected chi connectivity index (χ0v) is 18.8. The highest BCUT2D eigenvalue weighted by Gasteiger charge is 2.27. The van der Waals surface area contributed by atoms with Crippen molar-refractivity contribution in [3.63, 3.8) is 0 Å². The van der Waals surface area contributed by atoms with Crippen LogP contribution in [-0.4, -0.2) is 35.4 Å². The molecule has 2 saturated carbocycles. The Morgan fingerprint density at radius 3 is 2.09 bits per heavy atom. The van der Waals surface area contributed by atoms with Crippen molar-refractivity contribution in [2.75, 3.05) is 6.54 Å². The maximum absolute atomic E-state index is 12.5. The van der Waals surface area contributed by atoms with Gasteiger partial charge in [-0.2, -0.15) is 0 Å². The Balaban J connectivity index is 1.16. The lowest BCUT2D eigenvalue weighted by Gasteiger charge is -2.26. The summed E-state index contributed by atoms with van der Waals surface area (Å²) in [5, 5.41) is 12.0. The van der Waals surface area contributed by atoms with Crippen LogP contribution in [0.1, 0.15) is 83.6 Å². The Labute approximate surface area is 194 Å². The lowest BCUT2D eigenvalue weighted by atomic mass is 9.87. The van der Waals surface area contributed by atoms with Gasteiger partial charge in [-0.3, -0.25) is 14.4 Å². The molecule has 0 saturated heterocycles. The fourth-order valence-corrected chi connectivity index (χ4v) is 4.36. The molecule has 0 bridgehead atoms. The summed E-state index contributed by atoms with van der Waals surface area (Å²) < 4.78 is 5.96. The van der Waals surface area contributed by atoms with Crippen LogP contribution in [0, 0.1) is 5.92 Å². The summed E-state index contributed by atoms with van der Waals surface area (Å²) in [5.41, 5.74) is 2.58. The van der Waals surface area contributed by atoms with Gasteiger partial charge in [0.25, 0.3) is 5.91 Å². The van der Waals surface area contributed by atoms with Crippen molar-refractivity contribution in [1.29, 1.82) is 0 Å². The fourth-order valence-electron chi connectivity index (χ4n) is 4.36. The van der Waals surface area contributed by atoms with E-state index < -0.39 is 5.97 Å². The summed E-state index contributed by atoms with van der Waals surface area (Å²) in [7, 11) is 0. The van der Waals surface area contributed by atoms with E-state index in [2.05, 4.69) is 5.32 Å². The average molecular weight is 450 g/mol. The Morgan fingerprint density at radius 2 is 1.48 bits per heavy atom. The molecule has 6 heteroatoms. The third kappa shape index (κ3) is 6.44. The number of carbonyl (C=O) groups is 3. The quantitative estimate of drug-likeness (QED) is 0.394. The van der Waals surface area contributed by atoms with Crippen LogP contribution in [0.3, 0.4) is 0 Å². The predicted octanol–water partition coefficient (Wildman–Crippen LogP) is 4.98. The first kappa shape index (κ1) is 23.0. The van der Waals surface area contributed by atoms with Crippen molar-refractivity contribution in [2.24, 2.45) is 5.92 Å². The molecular formula is C27H31NO5. The van der Waals surface area contributed by atoms with E-state index in [9.17, 15) is 14.4 Å². The van der Waals surface area contributed by atoms with Gasteiger partial charge in [0.1, 0.15) is 5.75 Å². The molecule has 0 heterocycles. The largest absolute Gasteiger partial charge is 0.490 e. The van der Waals surface area contributed by atoms with Gasteiger partial charge in [-0.25, -0.2) is 0 Å². The van der Waals surface area contributed by atoms with Crippen LogP contribution >= 0.6 is 0 Å². The van der Waals surface area contributed by atoms with Crippen LogP contribution in [0.5, 0.6) is 5.75 Å². The zero-order chi connectivity index (χ0) is 23.2. The number of nitrogens with one attached hydrogen (secondary N) is 1. The summed E-state index contributed by atoms with van der Waals surface area (Å²) in [5.74, 6) is 0.314. The second-order valence-electron chi connectivity index (χ2n) is 9.13. The Morgan fingerprint density at radius 1 is 0.848 bits per heavy atom. The molecule has 0 spiro atoms. The van der Waals surface area contributed by atoms with Crippen LogP contribution < -0.4 is 10.1 Å². The van der Waals surface area contributed by atoms with Crippen molar-refractivity contribution in [3.05, 3.63) is 65.2 Å². The number of ketones is 1. The lowest BCUT2D eigenvalue weighted by molar-refractivity contribution is -0.143. The number of rotatable bonds is 10. The molecule has 0 radical (unpaired) electrons. The lowest BCUT2D eigenvalue weighted by Crippen LogP contribution is -2.27. The first-order valence-electron chi connectivity index (χ1n) is 11.9. The molecule has 2 aliphatic rings. The maximum atomic E-state index is 12.5. The second kappa shape index (κ2) is 10.6. The van der Waals surface area contributed by atoms with Crippen LogP contribution in [-0.2, 0) is 4.79 Å². The van der Waals surface area contributed by atoms with Crippen LogP contribution in [0.25, 0.3) is 0 Å². The molecule has 0 atom stereocenters. The molecule has 4 rings (SSSR count). The Bertz CT molecular complexity index is 971. The SMILES string of the molecule is O=C(CCCNC(=O)c1ccc(C2CC2)cc1)c1ccc(OC2CCC(C(=O)O)CC2)cc1. The van der Waals surface area contributed by atoms with E-state index in [1.54, 1.807) is 24.3 Å². The standard InChI is InChI=1S/C27H31NO5/c29-25(2-1-17-28-26(30)21-7-5-19(6-8-21)18-3-4-18)20-9-13-23(14-10-20)33-24-15-11-22(12-16-24)27(31)32/h5-10,13-14,18,22,24H,1-4,11-12,15-17H2,(H,28,30)(H,31,32). The molecule has 2 aromatic carbocycles. The van der Waals surface area contributed by atoms with E-state index in [0.717, 1.165) is 12.8 Å². The number of hydrogen-bond donors (Lipinski definition) is 2. The van der Waals surface area contributed by atoms with Gasteiger partial charge in [0, 0.05) is 24.1 Å². The molecule has 174 valence electrons. The average Bonchev–Trinajstić information content (AvgIpc) is 3.68. The van der Waals surface area contributed by atoms with Crippen LogP contribution in [0.4, 0.5) is 0 Å². The van der Waals surface area contributed by atoms with E-state index in [0.29, 0.717) is 55.0 Å². The second-order valence-corrected chi connectivity index (χ2v) is 9.13. The number of carboxylic acid groups (broad SMARTS) is 1. The van der Waals surface area contributed by atoms with Crippen molar-refractivity contribution >= 4 is 17.7 Å². The first-order chi connectivity index (χ1) is 16.0. The molecule has 2 fully saturated rings. The van der Waals surface area contributed by atoms with Gasteiger partial charge >= 0.3 is 5.97 Å². The molecule has 0 unspecified atom stereocenters. The van der Waals surface area contributed by atoms with Gasteiger partial charge in [-0.1, -0.05) is 12.1 Å². The Kier molecular flexibility index (Phi) is 7.43. The summed E-state index contributed by atoms with van der Waals surface area (Å²) in [6.45, 7) is 0.454. The molecule has 1 amide bonds. The van der Waals surface area contributed by atoms with Gasteiger partial charge in [-0.05, 0) is 92.8 Å². The number of aliphatic carboxylic acids is 1. The van der Waals surface area contributed by atoms with E-state index in [1.807, 2.05) is 24.3 Å². The minimum Gasteiger partial charge on any atom is -0.490 e. The van der Waals surface area contributed by atoms with E-state index in [4.69, 9.17) is 9.84 Å². The van der Waals surface area contributed by atoms with Crippen molar-refractivity contribution < 1.29 is 24.2 Å². The molecule has 2 N–H and O–H groups in total. The van der Waals surface area contributed by atoms with Gasteiger partial charge in [0.05, 0.1) is 12.0 Å². The zero-order valence-electron chi connectivity index (χ0n) is 18.8. The third-order valence-corrected chi connectivity index (χ3v) is 6.59. The highest BCUT2D eigenvalue weighted by Crippen LogP contribution is 2.39. The van der Waals surface area contributed by atoms with Crippen LogP contribution in [0.15, 0.2) is 48.5 Å². The van der Waals surface area contributed by atoms with E-state index >= 15 is 0 Å². The molecule has 0 aliphatic heterocycles. The van der Waals surface area contributed by atoms with Gasteiger partial charge in [0.15, 0.2) is 5.78 Å². The van der Waals surface area contributed by atoms with Gasteiger partial charge in [0.2, 0.25) is 0 Å². The monoisotopic (exact) mass is 449 g/mol. The summed E-state index contributed by atoms with van der Waals surface area (Å²) in [6, 6.07) is 14.9. The number of ether oxygens (including phenoxy) is 1. The number of benzene rings is 2. The van der Waals surface area contributed by atoms with E-state index in [1.165, 1.54) is 18.4 Å². The maximum Gasteiger partial charge on any atom is 0.306 e. The van der Waals surface area contributed by atoms with Crippen LogP contribution in [0.2, 0.25) is 0 Å². The number of Topliss-reactive ketones (excluding diaryl/α,β-unsaturated/α-hetero) is 1. The minimum absolute atomic E-state index is 0.0238. The summed E-state index contributed by atoms with van der Waals surface area (Å²) >= 11 is 0. The number of hydrogen-bond acceptors (Lipinski definition) is 4.